The van der Waals surface area contributed by atoms with Crippen LogP contribution < -0.4 is 15.4 Å². The van der Waals surface area contributed by atoms with E-state index in [2.05, 4.69) is 20.6 Å². The molecule has 3 aromatic rings. The van der Waals surface area contributed by atoms with Gasteiger partial charge in [0.15, 0.2) is 0 Å². The first-order valence-corrected chi connectivity index (χ1v) is 8.78. The van der Waals surface area contributed by atoms with Crippen LogP contribution in [0.1, 0.15) is 29.9 Å². The molecule has 1 aromatic heterocycles. The van der Waals surface area contributed by atoms with Crippen LogP contribution in [-0.4, -0.2) is 21.9 Å². The van der Waals surface area contributed by atoms with Gasteiger partial charge in [-0.25, -0.2) is 9.97 Å². The summed E-state index contributed by atoms with van der Waals surface area (Å²) in [5.74, 6) is 0.881. The van der Waals surface area contributed by atoms with Gasteiger partial charge in [-0.05, 0) is 49.7 Å². The first kappa shape index (κ1) is 18.4. The number of carbonyl (C=O) groups is 1. The maximum Gasteiger partial charge on any atom is 0.274 e. The summed E-state index contributed by atoms with van der Waals surface area (Å²) in [4.78, 5) is 20.7. The van der Waals surface area contributed by atoms with Crippen molar-refractivity contribution in [3.05, 3.63) is 78.1 Å². The molecule has 0 fully saturated rings. The zero-order valence-corrected chi connectivity index (χ0v) is 15.3. The second-order valence-electron chi connectivity index (χ2n) is 6.32. The molecule has 0 unspecified atom stereocenters. The maximum absolute atomic E-state index is 12.4. The van der Waals surface area contributed by atoms with E-state index in [1.165, 1.54) is 0 Å². The molecule has 6 nitrogen and oxygen atoms in total. The first-order chi connectivity index (χ1) is 13.1. The Morgan fingerprint density at radius 3 is 2.48 bits per heavy atom. The molecule has 0 atom stereocenters. The normalized spacial score (nSPS) is 10.5. The number of nitrogens with zero attached hydrogens (tertiary/aromatic N) is 2. The number of anilines is 2. The molecule has 0 aliphatic carbocycles. The molecule has 0 saturated heterocycles. The third kappa shape index (κ3) is 5.54. The molecule has 0 spiro atoms. The number of amides is 1. The quantitative estimate of drug-likeness (QED) is 0.661. The van der Waals surface area contributed by atoms with Crippen molar-refractivity contribution in [2.45, 2.75) is 26.5 Å². The number of nitrogens with one attached hydrogen (secondary N) is 2. The van der Waals surface area contributed by atoms with E-state index in [4.69, 9.17) is 4.74 Å². The summed E-state index contributed by atoms with van der Waals surface area (Å²) in [5, 5.41) is 5.91. The van der Waals surface area contributed by atoms with E-state index in [0.717, 1.165) is 11.3 Å². The van der Waals surface area contributed by atoms with Gasteiger partial charge in [0.05, 0.1) is 0 Å². The lowest BCUT2D eigenvalue weighted by molar-refractivity contribution is 0.102. The summed E-state index contributed by atoms with van der Waals surface area (Å²) in [6.45, 7) is 4.47. The van der Waals surface area contributed by atoms with E-state index in [1.54, 1.807) is 24.4 Å². The summed E-state index contributed by atoms with van der Waals surface area (Å²) in [7, 11) is 0. The molecule has 1 heterocycles. The molecule has 3 rings (SSSR count). The van der Waals surface area contributed by atoms with Crippen molar-refractivity contribution >= 4 is 17.5 Å². The molecule has 138 valence electrons. The van der Waals surface area contributed by atoms with Gasteiger partial charge < -0.3 is 15.4 Å². The van der Waals surface area contributed by atoms with Crippen LogP contribution in [0.3, 0.4) is 0 Å². The Morgan fingerprint density at radius 2 is 1.78 bits per heavy atom. The minimum atomic E-state index is -0.290. The average molecular weight is 362 g/mol. The highest BCUT2D eigenvalue weighted by Crippen LogP contribution is 2.17. The predicted molar refractivity (Wildman–Crippen MR) is 106 cm³/mol. The van der Waals surface area contributed by atoms with E-state index in [1.807, 2.05) is 56.3 Å². The molecular weight excluding hydrogens is 340 g/mol. The van der Waals surface area contributed by atoms with Crippen LogP contribution in [0.15, 0.2) is 66.9 Å². The van der Waals surface area contributed by atoms with E-state index >= 15 is 0 Å². The monoisotopic (exact) mass is 362 g/mol. The summed E-state index contributed by atoms with van der Waals surface area (Å²) in [6, 6.07) is 19.0. The number of rotatable bonds is 7. The van der Waals surface area contributed by atoms with Crippen molar-refractivity contribution in [2.24, 2.45) is 0 Å². The number of hydrogen-bond acceptors (Lipinski definition) is 5. The van der Waals surface area contributed by atoms with Gasteiger partial charge in [0.25, 0.3) is 5.91 Å². The molecule has 6 heteroatoms. The van der Waals surface area contributed by atoms with Crippen molar-refractivity contribution in [3.63, 3.8) is 0 Å². The highest BCUT2D eigenvalue weighted by molar-refractivity contribution is 6.02. The molecule has 27 heavy (non-hydrogen) atoms. The van der Waals surface area contributed by atoms with Crippen molar-refractivity contribution < 1.29 is 9.53 Å². The molecule has 2 N–H and O–H groups in total. The Kier molecular flexibility index (Phi) is 5.99. The van der Waals surface area contributed by atoms with E-state index < -0.39 is 0 Å². The van der Waals surface area contributed by atoms with Gasteiger partial charge in [-0.15, -0.1) is 0 Å². The lowest BCUT2D eigenvalue weighted by Gasteiger charge is -2.10. The standard InChI is InChI=1S/C21H22N4O2/c1-15(2)23-21-22-13-12-19(25-21)20(26)24-17-8-10-18(11-9-17)27-14-16-6-4-3-5-7-16/h3-13,15H,14H2,1-2H3,(H,24,26)(H,22,23,25). The Bertz CT molecular complexity index is 880. The summed E-state index contributed by atoms with van der Waals surface area (Å²) < 4.78 is 5.75. The van der Waals surface area contributed by atoms with Crippen LogP contribution in [0.5, 0.6) is 5.75 Å². The lowest BCUT2D eigenvalue weighted by atomic mass is 10.2. The second kappa shape index (κ2) is 8.80. The van der Waals surface area contributed by atoms with Gasteiger partial charge in [-0.2, -0.15) is 0 Å². The third-order valence-corrected chi connectivity index (χ3v) is 3.67. The van der Waals surface area contributed by atoms with Gasteiger partial charge >= 0.3 is 0 Å². The van der Waals surface area contributed by atoms with Crippen LogP contribution in [-0.2, 0) is 6.61 Å². The van der Waals surface area contributed by atoms with Gasteiger partial charge in [-0.3, -0.25) is 4.79 Å². The summed E-state index contributed by atoms with van der Waals surface area (Å²) >= 11 is 0. The number of benzene rings is 2. The molecule has 0 radical (unpaired) electrons. The van der Waals surface area contributed by atoms with Gasteiger partial charge in [-0.1, -0.05) is 30.3 Å². The Hall–Kier alpha value is -3.41. The lowest BCUT2D eigenvalue weighted by Crippen LogP contribution is -2.17. The third-order valence-electron chi connectivity index (χ3n) is 3.67. The largest absolute Gasteiger partial charge is 0.489 e. The molecule has 0 bridgehead atoms. The summed E-state index contributed by atoms with van der Waals surface area (Å²) in [6.07, 6.45) is 1.56. The topological polar surface area (TPSA) is 76.1 Å². The average Bonchev–Trinajstić information content (AvgIpc) is 2.68. The minimum Gasteiger partial charge on any atom is -0.489 e. The fourth-order valence-electron chi connectivity index (χ4n) is 2.38. The highest BCUT2D eigenvalue weighted by atomic mass is 16.5. The number of hydrogen-bond donors (Lipinski definition) is 2. The first-order valence-electron chi connectivity index (χ1n) is 8.78. The van der Waals surface area contributed by atoms with Gasteiger partial charge in [0, 0.05) is 17.9 Å². The van der Waals surface area contributed by atoms with Crippen LogP contribution >= 0.6 is 0 Å². The second-order valence-corrected chi connectivity index (χ2v) is 6.32. The smallest absolute Gasteiger partial charge is 0.274 e. The molecule has 2 aromatic carbocycles. The van der Waals surface area contributed by atoms with Crippen LogP contribution in [0, 0.1) is 0 Å². The van der Waals surface area contributed by atoms with Crippen molar-refractivity contribution in [2.75, 3.05) is 10.6 Å². The fraction of sp³-hybridized carbons (Fsp3) is 0.190. The van der Waals surface area contributed by atoms with Gasteiger partial charge in [0.1, 0.15) is 18.1 Å². The number of aromatic nitrogens is 2. The Balaban J connectivity index is 1.58. The van der Waals surface area contributed by atoms with E-state index in [9.17, 15) is 4.79 Å². The molecule has 1 amide bonds. The van der Waals surface area contributed by atoms with Crippen molar-refractivity contribution in [3.8, 4) is 5.75 Å². The van der Waals surface area contributed by atoms with Gasteiger partial charge in [0.2, 0.25) is 5.95 Å². The highest BCUT2D eigenvalue weighted by Gasteiger charge is 2.10. The van der Waals surface area contributed by atoms with E-state index in [0.29, 0.717) is 23.9 Å². The predicted octanol–water partition coefficient (Wildman–Crippen LogP) is 4.13. The van der Waals surface area contributed by atoms with Crippen molar-refractivity contribution in [1.82, 2.24) is 9.97 Å². The molecular formula is C21H22N4O2. The molecule has 0 aliphatic heterocycles. The zero-order chi connectivity index (χ0) is 19.1. The Labute approximate surface area is 158 Å². The maximum atomic E-state index is 12.4. The van der Waals surface area contributed by atoms with E-state index in [-0.39, 0.29) is 11.9 Å². The zero-order valence-electron chi connectivity index (χ0n) is 15.3. The van der Waals surface area contributed by atoms with Crippen LogP contribution in [0.25, 0.3) is 0 Å². The van der Waals surface area contributed by atoms with Crippen LogP contribution in [0.2, 0.25) is 0 Å². The Morgan fingerprint density at radius 1 is 1.04 bits per heavy atom. The summed E-state index contributed by atoms with van der Waals surface area (Å²) in [5.41, 5.74) is 2.08. The number of ether oxygens (including phenoxy) is 1. The SMILES string of the molecule is CC(C)Nc1nccc(C(=O)Nc2ccc(OCc3ccccc3)cc2)n1. The fourth-order valence-corrected chi connectivity index (χ4v) is 2.38. The number of carbonyl (C=O) groups excluding carboxylic acids is 1. The van der Waals surface area contributed by atoms with Crippen LogP contribution in [0.4, 0.5) is 11.6 Å². The molecule has 0 aliphatic rings. The molecule has 0 saturated carbocycles. The minimum absolute atomic E-state index is 0.187. The van der Waals surface area contributed by atoms with Crippen molar-refractivity contribution in [1.29, 1.82) is 0 Å².